The number of halogens is 1. The molecule has 1 heterocycles. The monoisotopic (exact) mass is 514 g/mol. The van der Waals surface area contributed by atoms with Gasteiger partial charge in [0.2, 0.25) is 0 Å². The van der Waals surface area contributed by atoms with Gasteiger partial charge in [0.25, 0.3) is 11.8 Å². The van der Waals surface area contributed by atoms with Crippen LogP contribution in [0.5, 0.6) is 11.5 Å². The number of aryl methyl sites for hydroxylation is 1. The fourth-order valence-corrected chi connectivity index (χ4v) is 3.84. The van der Waals surface area contributed by atoms with E-state index >= 15 is 0 Å². The number of carbonyl (C=O) groups is 2. The van der Waals surface area contributed by atoms with Crippen molar-refractivity contribution in [2.75, 3.05) is 18.1 Å². The number of nitrogens with zero attached hydrogens (tertiary/aromatic N) is 1. The molecule has 0 saturated carbocycles. The van der Waals surface area contributed by atoms with Crippen molar-refractivity contribution in [2.24, 2.45) is 0 Å². The number of thiocarbonyl (C=S) groups is 1. The first-order valence-electron chi connectivity index (χ1n) is 10.1. The van der Waals surface area contributed by atoms with Crippen molar-refractivity contribution in [3.8, 4) is 11.5 Å². The quantitative estimate of drug-likeness (QED) is 0.237. The Kier molecular flexibility index (Phi) is 7.82. The number of nitrogens with one attached hydrogen (secondary N) is 1. The fourth-order valence-electron chi connectivity index (χ4n) is 3.12. The molecule has 1 fully saturated rings. The van der Waals surface area contributed by atoms with Crippen LogP contribution in [0, 0.1) is 0 Å². The molecule has 2 aromatic rings. The molecule has 0 aliphatic carbocycles. The van der Waals surface area contributed by atoms with Gasteiger partial charge < -0.3 is 9.47 Å². The first kappa shape index (κ1) is 23.7. The van der Waals surface area contributed by atoms with Crippen molar-refractivity contribution in [1.29, 1.82) is 0 Å². The van der Waals surface area contributed by atoms with Gasteiger partial charge in [-0.2, -0.15) is 0 Å². The number of anilines is 1. The van der Waals surface area contributed by atoms with Gasteiger partial charge in [-0.1, -0.05) is 47.6 Å². The first-order chi connectivity index (χ1) is 15.4. The molecule has 8 heteroatoms. The number of benzene rings is 2. The predicted octanol–water partition coefficient (Wildman–Crippen LogP) is 4.81. The molecule has 0 spiro atoms. The molecule has 32 heavy (non-hydrogen) atoms. The van der Waals surface area contributed by atoms with Gasteiger partial charge in [-0.25, -0.2) is 0 Å². The Morgan fingerprint density at radius 1 is 1.12 bits per heavy atom. The molecule has 1 saturated heterocycles. The van der Waals surface area contributed by atoms with Gasteiger partial charge in [-0.15, -0.1) is 0 Å². The van der Waals surface area contributed by atoms with Gasteiger partial charge in [0.15, 0.2) is 16.6 Å². The van der Waals surface area contributed by atoms with Crippen LogP contribution in [0.2, 0.25) is 0 Å². The van der Waals surface area contributed by atoms with Gasteiger partial charge in [0.1, 0.15) is 12.2 Å². The Bertz CT molecular complexity index is 1100. The number of hydrogen-bond acceptors (Lipinski definition) is 5. The summed E-state index contributed by atoms with van der Waals surface area (Å²) >= 11 is 8.76. The van der Waals surface area contributed by atoms with Crippen molar-refractivity contribution in [3.63, 3.8) is 0 Å². The Morgan fingerprint density at radius 2 is 1.81 bits per heavy atom. The third kappa shape index (κ3) is 5.08. The second-order valence-electron chi connectivity index (χ2n) is 6.83. The molecule has 2 aromatic carbocycles. The minimum Gasteiger partial charge on any atom is -0.490 e. The third-order valence-corrected chi connectivity index (χ3v) is 5.70. The van der Waals surface area contributed by atoms with Gasteiger partial charge in [0, 0.05) is 4.47 Å². The lowest BCUT2D eigenvalue weighted by molar-refractivity contribution is -0.122. The summed E-state index contributed by atoms with van der Waals surface area (Å²) in [4.78, 5) is 27.2. The lowest BCUT2D eigenvalue weighted by atomic mass is 10.1. The van der Waals surface area contributed by atoms with Crippen LogP contribution in [0.15, 0.2) is 59.1 Å². The molecule has 0 unspecified atom stereocenters. The topological polar surface area (TPSA) is 67.9 Å². The molecule has 3 rings (SSSR count). The normalized spacial score (nSPS) is 15.0. The van der Waals surface area contributed by atoms with Crippen molar-refractivity contribution >= 4 is 56.8 Å². The number of ether oxygens (including phenoxy) is 2. The average molecular weight is 515 g/mol. The summed E-state index contributed by atoms with van der Waals surface area (Å²) in [5.74, 6) is -0.0345. The minimum atomic E-state index is -0.557. The lowest BCUT2D eigenvalue weighted by Gasteiger charge is -2.29. The van der Waals surface area contributed by atoms with E-state index in [0.717, 1.165) is 12.0 Å². The fraction of sp³-hybridized carbons (Fsp3) is 0.208. The number of rotatable bonds is 8. The molecule has 0 atom stereocenters. The summed E-state index contributed by atoms with van der Waals surface area (Å²) in [6, 6.07) is 10.9. The predicted molar refractivity (Wildman–Crippen MR) is 133 cm³/mol. The minimum absolute atomic E-state index is 0.0407. The van der Waals surface area contributed by atoms with Crippen LogP contribution in [0.4, 0.5) is 5.69 Å². The second-order valence-corrected chi connectivity index (χ2v) is 8.07. The second kappa shape index (κ2) is 10.6. The Hall–Kier alpha value is -2.97. The highest BCUT2D eigenvalue weighted by Crippen LogP contribution is 2.35. The maximum atomic E-state index is 13.3. The van der Waals surface area contributed by atoms with Crippen LogP contribution >= 0.6 is 28.1 Å². The zero-order valence-corrected chi connectivity index (χ0v) is 20.2. The van der Waals surface area contributed by atoms with Crippen LogP contribution in [-0.2, 0) is 16.0 Å². The van der Waals surface area contributed by atoms with Crippen LogP contribution in [0.1, 0.15) is 25.0 Å². The van der Waals surface area contributed by atoms with Crippen LogP contribution in [-0.4, -0.2) is 30.1 Å². The maximum absolute atomic E-state index is 13.3. The number of amides is 2. The molecular formula is C24H23BrN2O4S. The van der Waals surface area contributed by atoms with E-state index < -0.39 is 11.8 Å². The molecule has 2 amide bonds. The summed E-state index contributed by atoms with van der Waals surface area (Å²) in [6.07, 6.45) is 4.02. The van der Waals surface area contributed by atoms with E-state index in [1.807, 2.05) is 31.2 Å². The van der Waals surface area contributed by atoms with E-state index in [-0.39, 0.29) is 10.7 Å². The van der Waals surface area contributed by atoms with E-state index in [2.05, 4.69) is 34.7 Å². The van der Waals surface area contributed by atoms with Crippen molar-refractivity contribution in [1.82, 2.24) is 5.32 Å². The highest BCUT2D eigenvalue weighted by atomic mass is 79.9. The molecule has 6 nitrogen and oxygen atoms in total. The average Bonchev–Trinajstić information content (AvgIpc) is 2.77. The van der Waals surface area contributed by atoms with Crippen molar-refractivity contribution in [3.05, 3.63) is 70.2 Å². The zero-order valence-electron chi connectivity index (χ0n) is 17.8. The van der Waals surface area contributed by atoms with Gasteiger partial charge in [-0.05, 0) is 67.0 Å². The van der Waals surface area contributed by atoms with E-state index in [1.165, 1.54) is 11.0 Å². The molecule has 0 aromatic heterocycles. The Morgan fingerprint density at radius 3 is 2.44 bits per heavy atom. The molecule has 1 aliphatic rings. The summed E-state index contributed by atoms with van der Waals surface area (Å²) in [5, 5.41) is 2.65. The van der Waals surface area contributed by atoms with E-state index in [1.54, 1.807) is 18.2 Å². The van der Waals surface area contributed by atoms with Gasteiger partial charge in [-0.3, -0.25) is 19.8 Å². The van der Waals surface area contributed by atoms with Crippen LogP contribution < -0.4 is 19.7 Å². The van der Waals surface area contributed by atoms with E-state index in [9.17, 15) is 9.59 Å². The third-order valence-electron chi connectivity index (χ3n) is 4.72. The standard InChI is InChI=1S/C24H23BrN2O4S/c1-4-11-31-21-14-19(25)16(13-20(21)30-6-3)12-18-22(28)26-24(32)27(23(18)29)17-9-7-15(5-2)8-10-17/h4,7-10,12-14H,1,5-6,11H2,2-3H3,(H,26,28,32)/b18-12+. The summed E-state index contributed by atoms with van der Waals surface area (Å²) in [6.45, 7) is 8.30. The highest BCUT2D eigenvalue weighted by Gasteiger charge is 2.34. The van der Waals surface area contributed by atoms with Crippen molar-refractivity contribution < 1.29 is 19.1 Å². The molecule has 1 aliphatic heterocycles. The Balaban J connectivity index is 2.01. The molecule has 0 radical (unpaired) electrons. The molecular weight excluding hydrogens is 492 g/mol. The smallest absolute Gasteiger partial charge is 0.270 e. The molecule has 1 N–H and O–H groups in total. The van der Waals surface area contributed by atoms with E-state index in [0.29, 0.717) is 40.4 Å². The summed E-state index contributed by atoms with van der Waals surface area (Å²) in [7, 11) is 0. The summed E-state index contributed by atoms with van der Waals surface area (Å²) in [5.41, 5.74) is 2.27. The first-order valence-corrected chi connectivity index (χ1v) is 11.3. The molecule has 0 bridgehead atoms. The lowest BCUT2D eigenvalue weighted by Crippen LogP contribution is -2.54. The Labute approximate surface area is 201 Å². The number of hydrogen-bond donors (Lipinski definition) is 1. The number of carbonyl (C=O) groups excluding carboxylic acids is 2. The zero-order chi connectivity index (χ0) is 23.3. The van der Waals surface area contributed by atoms with Crippen LogP contribution in [0.3, 0.4) is 0 Å². The largest absolute Gasteiger partial charge is 0.490 e. The maximum Gasteiger partial charge on any atom is 0.270 e. The van der Waals surface area contributed by atoms with Crippen molar-refractivity contribution in [2.45, 2.75) is 20.3 Å². The van der Waals surface area contributed by atoms with E-state index in [4.69, 9.17) is 21.7 Å². The SMILES string of the molecule is C=CCOc1cc(Br)c(/C=C2\C(=O)NC(=S)N(c3ccc(CC)cc3)C2=O)cc1OCC. The van der Waals surface area contributed by atoms with Gasteiger partial charge in [0.05, 0.1) is 12.3 Å². The highest BCUT2D eigenvalue weighted by molar-refractivity contribution is 9.10. The van der Waals surface area contributed by atoms with Gasteiger partial charge >= 0.3 is 0 Å². The summed E-state index contributed by atoms with van der Waals surface area (Å²) < 4.78 is 12.0. The van der Waals surface area contributed by atoms with Crippen LogP contribution in [0.25, 0.3) is 6.08 Å². The molecule has 166 valence electrons.